The van der Waals surface area contributed by atoms with Crippen molar-refractivity contribution in [1.29, 1.82) is 0 Å². The zero-order chi connectivity index (χ0) is 14.0. The van der Waals surface area contributed by atoms with E-state index in [9.17, 15) is 9.90 Å². The largest absolute Gasteiger partial charge is 0.508 e. The van der Waals surface area contributed by atoms with Crippen molar-refractivity contribution in [2.24, 2.45) is 0 Å². The Labute approximate surface area is 110 Å². The summed E-state index contributed by atoms with van der Waals surface area (Å²) < 4.78 is 5.17. The fourth-order valence-electron chi connectivity index (χ4n) is 2.09. The molecule has 0 aliphatic rings. The number of phenols is 1. The second-order valence-corrected chi connectivity index (χ2v) is 4.64. The fraction of sp³-hybridized carbons (Fsp3) is 0.357. The molecule has 5 nitrogen and oxygen atoms in total. The van der Waals surface area contributed by atoms with Crippen molar-refractivity contribution in [2.45, 2.75) is 13.5 Å². The SMILES string of the molecule is Cc1c(O)ccc2c(CN(C)CCO)cc(=O)oc12. The van der Waals surface area contributed by atoms with Gasteiger partial charge < -0.3 is 14.6 Å². The number of aryl methyl sites for hydroxylation is 1. The van der Waals surface area contributed by atoms with Crippen LogP contribution in [0.5, 0.6) is 5.75 Å². The molecule has 5 heteroatoms. The van der Waals surface area contributed by atoms with Crippen molar-refractivity contribution < 1.29 is 14.6 Å². The molecule has 2 N–H and O–H groups in total. The molecule has 1 aromatic carbocycles. The lowest BCUT2D eigenvalue weighted by Crippen LogP contribution is -2.22. The van der Waals surface area contributed by atoms with Crippen LogP contribution in [0.4, 0.5) is 0 Å². The van der Waals surface area contributed by atoms with Crippen LogP contribution >= 0.6 is 0 Å². The number of aromatic hydroxyl groups is 1. The average Bonchev–Trinajstić information content (AvgIpc) is 2.34. The Morgan fingerprint density at radius 1 is 1.37 bits per heavy atom. The molecule has 19 heavy (non-hydrogen) atoms. The maximum absolute atomic E-state index is 11.6. The topological polar surface area (TPSA) is 73.9 Å². The summed E-state index contributed by atoms with van der Waals surface area (Å²) in [7, 11) is 1.87. The minimum absolute atomic E-state index is 0.0652. The molecule has 1 heterocycles. The first-order valence-electron chi connectivity index (χ1n) is 6.07. The van der Waals surface area contributed by atoms with Gasteiger partial charge in [-0.1, -0.05) is 0 Å². The van der Waals surface area contributed by atoms with Crippen LogP contribution < -0.4 is 5.63 Å². The highest BCUT2D eigenvalue weighted by Crippen LogP contribution is 2.27. The molecular formula is C14H17NO4. The highest BCUT2D eigenvalue weighted by atomic mass is 16.4. The molecule has 2 aromatic rings. The molecule has 0 fully saturated rings. The predicted octanol–water partition coefficient (Wildman–Crippen LogP) is 1.23. The average molecular weight is 263 g/mol. The predicted molar refractivity (Wildman–Crippen MR) is 72.3 cm³/mol. The minimum atomic E-state index is -0.436. The van der Waals surface area contributed by atoms with E-state index in [4.69, 9.17) is 9.52 Å². The number of fused-ring (bicyclic) bond motifs is 1. The maximum atomic E-state index is 11.6. The number of hydrogen-bond donors (Lipinski definition) is 2. The Kier molecular flexibility index (Phi) is 3.87. The number of aliphatic hydroxyl groups is 1. The van der Waals surface area contributed by atoms with Crippen molar-refractivity contribution in [3.63, 3.8) is 0 Å². The maximum Gasteiger partial charge on any atom is 0.336 e. The molecule has 0 unspecified atom stereocenters. The normalized spacial score (nSPS) is 11.4. The van der Waals surface area contributed by atoms with E-state index in [-0.39, 0.29) is 12.4 Å². The van der Waals surface area contributed by atoms with Crippen LogP contribution in [-0.2, 0) is 6.54 Å². The molecule has 0 spiro atoms. The number of hydrogen-bond acceptors (Lipinski definition) is 5. The molecule has 2 rings (SSSR count). The number of phenolic OH excluding ortho intramolecular Hbond substituents is 1. The Morgan fingerprint density at radius 3 is 2.79 bits per heavy atom. The summed E-state index contributed by atoms with van der Waals surface area (Å²) in [5.74, 6) is 0.108. The smallest absolute Gasteiger partial charge is 0.336 e. The van der Waals surface area contributed by atoms with Gasteiger partial charge in [-0.05, 0) is 31.7 Å². The van der Waals surface area contributed by atoms with Gasteiger partial charge in [0, 0.05) is 30.1 Å². The van der Waals surface area contributed by atoms with E-state index in [1.165, 1.54) is 6.07 Å². The molecule has 0 amide bonds. The van der Waals surface area contributed by atoms with Crippen molar-refractivity contribution in [1.82, 2.24) is 4.90 Å². The van der Waals surface area contributed by atoms with E-state index in [1.807, 2.05) is 11.9 Å². The van der Waals surface area contributed by atoms with Crippen LogP contribution in [-0.4, -0.2) is 35.3 Å². The fourth-order valence-corrected chi connectivity index (χ4v) is 2.09. The Bertz CT molecular complexity index is 648. The minimum Gasteiger partial charge on any atom is -0.508 e. The van der Waals surface area contributed by atoms with E-state index in [1.54, 1.807) is 19.1 Å². The van der Waals surface area contributed by atoms with Gasteiger partial charge in [-0.25, -0.2) is 4.79 Å². The van der Waals surface area contributed by atoms with E-state index < -0.39 is 5.63 Å². The lowest BCUT2D eigenvalue weighted by Gasteiger charge is -2.16. The van der Waals surface area contributed by atoms with Gasteiger partial charge in [0.05, 0.1) is 6.61 Å². The van der Waals surface area contributed by atoms with Gasteiger partial charge in [0.25, 0.3) is 0 Å². The van der Waals surface area contributed by atoms with Gasteiger partial charge in [0.15, 0.2) is 0 Å². The van der Waals surface area contributed by atoms with Crippen molar-refractivity contribution in [2.75, 3.05) is 20.2 Å². The molecule has 0 aliphatic carbocycles. The van der Waals surface area contributed by atoms with Gasteiger partial charge in [-0.3, -0.25) is 4.90 Å². The molecule has 1 aromatic heterocycles. The van der Waals surface area contributed by atoms with E-state index in [0.29, 0.717) is 24.2 Å². The standard InChI is InChI=1S/C14H17NO4/c1-9-12(17)4-3-11-10(8-15(2)5-6-16)7-13(18)19-14(9)11/h3-4,7,16-17H,5-6,8H2,1-2H3. The lowest BCUT2D eigenvalue weighted by atomic mass is 10.1. The third-order valence-corrected chi connectivity index (χ3v) is 3.14. The van der Waals surface area contributed by atoms with Crippen LogP contribution in [0.15, 0.2) is 27.4 Å². The molecular weight excluding hydrogens is 246 g/mol. The molecule has 0 bridgehead atoms. The number of nitrogens with zero attached hydrogens (tertiary/aromatic N) is 1. The van der Waals surface area contributed by atoms with Crippen molar-refractivity contribution in [3.05, 3.63) is 39.7 Å². The molecule has 0 aliphatic heterocycles. The number of benzene rings is 1. The molecule has 0 radical (unpaired) electrons. The summed E-state index contributed by atoms with van der Waals surface area (Å²) in [6, 6.07) is 4.78. The van der Waals surface area contributed by atoms with E-state index in [0.717, 1.165) is 10.9 Å². The summed E-state index contributed by atoms with van der Waals surface area (Å²) >= 11 is 0. The number of likely N-dealkylation sites (N-methyl/N-ethyl adjacent to an activating group) is 1. The van der Waals surface area contributed by atoms with Crippen LogP contribution in [0.3, 0.4) is 0 Å². The summed E-state index contributed by atoms with van der Waals surface area (Å²) in [4.78, 5) is 13.5. The number of aliphatic hydroxyl groups excluding tert-OH is 1. The Morgan fingerprint density at radius 2 is 2.11 bits per heavy atom. The quantitative estimate of drug-likeness (QED) is 0.812. The first-order valence-corrected chi connectivity index (χ1v) is 6.07. The zero-order valence-electron chi connectivity index (χ0n) is 11.0. The summed E-state index contributed by atoms with van der Waals surface area (Å²) in [6.07, 6.45) is 0. The molecule has 102 valence electrons. The summed E-state index contributed by atoms with van der Waals surface area (Å²) in [5, 5.41) is 19.4. The summed E-state index contributed by atoms with van der Waals surface area (Å²) in [6.45, 7) is 2.84. The second-order valence-electron chi connectivity index (χ2n) is 4.64. The highest BCUT2D eigenvalue weighted by molar-refractivity contribution is 5.84. The Balaban J connectivity index is 2.55. The molecule has 0 saturated carbocycles. The zero-order valence-corrected chi connectivity index (χ0v) is 11.0. The molecule has 0 atom stereocenters. The van der Waals surface area contributed by atoms with E-state index >= 15 is 0 Å². The first kappa shape index (κ1) is 13.6. The summed E-state index contributed by atoms with van der Waals surface area (Å²) in [5.41, 5.74) is 1.36. The number of rotatable bonds is 4. The first-order chi connectivity index (χ1) is 9.02. The van der Waals surface area contributed by atoms with Crippen molar-refractivity contribution >= 4 is 11.0 Å². The van der Waals surface area contributed by atoms with Gasteiger partial charge in [-0.2, -0.15) is 0 Å². The van der Waals surface area contributed by atoms with Crippen molar-refractivity contribution in [3.8, 4) is 5.75 Å². The second kappa shape index (κ2) is 5.42. The highest BCUT2D eigenvalue weighted by Gasteiger charge is 2.11. The Hall–Kier alpha value is -1.85. The molecule has 0 saturated heterocycles. The van der Waals surface area contributed by atoms with Crippen LogP contribution in [0.2, 0.25) is 0 Å². The van der Waals surface area contributed by atoms with Crippen LogP contribution in [0.25, 0.3) is 11.0 Å². The van der Waals surface area contributed by atoms with Gasteiger partial charge >= 0.3 is 5.63 Å². The third-order valence-electron chi connectivity index (χ3n) is 3.14. The van der Waals surface area contributed by atoms with E-state index in [2.05, 4.69) is 0 Å². The van der Waals surface area contributed by atoms with Gasteiger partial charge in [0.1, 0.15) is 11.3 Å². The third kappa shape index (κ3) is 2.77. The van der Waals surface area contributed by atoms with Crippen LogP contribution in [0, 0.1) is 6.92 Å². The van der Waals surface area contributed by atoms with Gasteiger partial charge in [-0.15, -0.1) is 0 Å². The van der Waals surface area contributed by atoms with Gasteiger partial charge in [0.2, 0.25) is 0 Å². The van der Waals surface area contributed by atoms with Crippen LogP contribution in [0.1, 0.15) is 11.1 Å². The lowest BCUT2D eigenvalue weighted by molar-refractivity contribution is 0.217. The monoisotopic (exact) mass is 263 g/mol.